The van der Waals surface area contributed by atoms with Gasteiger partial charge in [0.15, 0.2) is 17.3 Å². The van der Waals surface area contributed by atoms with E-state index in [-0.39, 0.29) is 128 Å². The van der Waals surface area contributed by atoms with Gasteiger partial charge >= 0.3 is 38.2 Å². The van der Waals surface area contributed by atoms with Crippen molar-refractivity contribution in [3.63, 3.8) is 0 Å². The van der Waals surface area contributed by atoms with Gasteiger partial charge in [-0.05, 0) is 87.7 Å². The quantitative estimate of drug-likeness (QED) is 0.0921. The fourth-order valence-electron chi connectivity index (χ4n) is 7.32. The predicted molar refractivity (Wildman–Crippen MR) is 277 cm³/mol. The Balaban J connectivity index is 0.000000274. The van der Waals surface area contributed by atoms with Crippen molar-refractivity contribution in [1.82, 2.24) is 29.3 Å². The van der Waals surface area contributed by atoms with Crippen molar-refractivity contribution in [1.29, 1.82) is 0 Å². The number of Topliss-reactive ketones (excluding diaryl/α,β-unsaturated/α-hetero) is 3. The molecule has 74 heavy (non-hydrogen) atoms. The van der Waals surface area contributed by atoms with Gasteiger partial charge in [0, 0.05) is 50.1 Å². The van der Waals surface area contributed by atoms with Crippen LogP contribution in [0.3, 0.4) is 0 Å². The van der Waals surface area contributed by atoms with Gasteiger partial charge in [-0.25, -0.2) is 14.0 Å². The van der Waals surface area contributed by atoms with E-state index in [9.17, 15) is 29.7 Å². The Bertz CT molecular complexity index is 2760. The Morgan fingerprint density at radius 1 is 0.392 bits per heavy atom. The van der Waals surface area contributed by atoms with Crippen LogP contribution in [-0.2, 0) is 24.7 Å². The molecule has 5 N–H and O–H groups in total. The first-order valence-corrected chi connectivity index (χ1v) is 23.2. The molecule has 16 heteroatoms. The number of aliphatic hydroxyl groups is 2. The summed E-state index contributed by atoms with van der Waals surface area (Å²) >= 11 is 0. The van der Waals surface area contributed by atoms with Crippen LogP contribution < -0.4 is 15.3 Å². The van der Waals surface area contributed by atoms with E-state index >= 15 is 0 Å². The van der Waals surface area contributed by atoms with Gasteiger partial charge in [-0.3, -0.25) is 14.4 Å². The average Bonchev–Trinajstić information content (AvgIpc) is 3.99. The minimum atomic E-state index is -0.357. The Hall–Kier alpha value is -7.49. The maximum absolute atomic E-state index is 12.5. The minimum absolute atomic E-state index is 0. The fraction of sp³-hybridized carbons (Fsp3) is 0.172. The molecule has 0 saturated carbocycles. The first kappa shape index (κ1) is 60.8. The predicted octanol–water partition coefficient (Wildman–Crippen LogP) is 7.11. The van der Waals surface area contributed by atoms with Crippen molar-refractivity contribution in [2.45, 2.75) is 53.9 Å². The number of para-hydroxylation sites is 3. The fourth-order valence-corrected chi connectivity index (χ4v) is 7.32. The molecular weight excluding hydrogens is 1090 g/mol. The number of aliphatic hydroxyl groups excluding tert-OH is 2. The van der Waals surface area contributed by atoms with Gasteiger partial charge in [0.25, 0.3) is 0 Å². The van der Waals surface area contributed by atoms with Crippen molar-refractivity contribution < 1.29 is 83.6 Å². The van der Waals surface area contributed by atoms with Crippen molar-refractivity contribution in [3.05, 3.63) is 232 Å². The van der Waals surface area contributed by atoms with E-state index in [1.165, 1.54) is 14.0 Å². The van der Waals surface area contributed by atoms with Crippen LogP contribution in [-0.4, -0.2) is 70.1 Å². The first-order valence-electron chi connectivity index (χ1n) is 23.2. The Morgan fingerprint density at radius 3 is 0.757 bits per heavy atom. The number of hydrogen-bond donors (Lipinski definition) is 2. The number of rotatable bonds is 12. The zero-order chi connectivity index (χ0) is 52.0. The SMILES string of the molecule is CCO.CCO.Cc1nn(-c2ccccc2)c([O-])c1C(=O)Cc1ccccc1.Cc1nn(-c2ccccc2)c([O-])c1C(=O)Cc1ccccc1.Cc1nn(-c2ccccc2)c([O-])c1C(=O)Cc1ccccc1.[Dy+3].[OH3+]. The molecule has 9 aromatic rings. The largest absolute Gasteiger partial charge is 3.00 e. The summed E-state index contributed by atoms with van der Waals surface area (Å²) in [6, 6.07) is 55.5. The molecule has 385 valence electrons. The van der Waals surface area contributed by atoms with Crippen LogP contribution in [0.25, 0.3) is 17.1 Å². The Morgan fingerprint density at radius 2 is 0.568 bits per heavy atom. The third-order valence-corrected chi connectivity index (χ3v) is 10.5. The molecule has 0 atom stereocenters. The minimum Gasteiger partial charge on any atom is -0.858 e. The van der Waals surface area contributed by atoms with E-state index in [0.717, 1.165) is 16.7 Å². The van der Waals surface area contributed by atoms with Crippen LogP contribution in [0.15, 0.2) is 182 Å². The number of aromatic nitrogens is 6. The summed E-state index contributed by atoms with van der Waals surface area (Å²) in [7, 11) is 0. The van der Waals surface area contributed by atoms with Gasteiger partial charge in [-0.15, -0.1) is 0 Å². The number of benzene rings is 6. The summed E-state index contributed by atoms with van der Waals surface area (Å²) < 4.78 is 3.86. The van der Waals surface area contributed by atoms with E-state index in [1.54, 1.807) is 71.0 Å². The van der Waals surface area contributed by atoms with Gasteiger partial charge in [-0.2, -0.15) is 15.3 Å². The number of aryl methyl sites for hydroxylation is 3. The molecule has 0 spiro atoms. The zero-order valence-electron chi connectivity index (χ0n) is 41.8. The van der Waals surface area contributed by atoms with Crippen LogP contribution in [0.1, 0.15) is 78.7 Å². The molecule has 0 amide bonds. The van der Waals surface area contributed by atoms with E-state index in [4.69, 9.17) is 10.2 Å². The van der Waals surface area contributed by atoms with Crippen LogP contribution in [0, 0.1) is 58.9 Å². The smallest absolute Gasteiger partial charge is 0.858 e. The molecule has 0 saturated heterocycles. The van der Waals surface area contributed by atoms with E-state index in [1.807, 2.05) is 146 Å². The number of carbonyl (C=O) groups excluding carboxylic acids is 3. The van der Waals surface area contributed by atoms with E-state index < -0.39 is 0 Å². The second-order valence-corrected chi connectivity index (χ2v) is 15.9. The van der Waals surface area contributed by atoms with Crippen LogP contribution in [0.4, 0.5) is 0 Å². The van der Waals surface area contributed by atoms with Gasteiger partial charge in [0.2, 0.25) is 0 Å². The summed E-state index contributed by atoms with van der Waals surface area (Å²) in [5.41, 5.74) is 6.57. The Labute approximate surface area is 461 Å². The summed E-state index contributed by atoms with van der Waals surface area (Å²) in [6.07, 6.45) is 0.617. The van der Waals surface area contributed by atoms with Crippen molar-refractivity contribution >= 4 is 17.3 Å². The third kappa shape index (κ3) is 16.8. The molecule has 1 radical (unpaired) electrons. The average molecular weight is 1150 g/mol. The maximum Gasteiger partial charge on any atom is 3.00 e. The zero-order valence-corrected chi connectivity index (χ0v) is 43.8. The summed E-state index contributed by atoms with van der Waals surface area (Å²) in [6.45, 7) is 8.94. The topological polar surface area (TPSA) is 247 Å². The van der Waals surface area contributed by atoms with Crippen molar-refractivity contribution in [3.8, 4) is 34.7 Å². The molecular formula is C58H60DyN6O9+. The number of carbonyl (C=O) groups is 3. The first-order chi connectivity index (χ1) is 34.8. The second-order valence-electron chi connectivity index (χ2n) is 15.9. The number of ketones is 3. The van der Waals surface area contributed by atoms with Crippen LogP contribution >= 0.6 is 0 Å². The standard InChI is InChI=1S/3C18H16N2O2.2C2H6O.Dy.H2O/c3*1-13-17(16(21)12-14-8-4-2-5-9-14)18(22)20(19-13)15-10-6-3-7-11-15;2*1-2-3;;/h3*2-11,22H,12H2,1H3;2*3H,2H2,1H3;;1H2/q;;;;;+3;/p-2. The van der Waals surface area contributed by atoms with Gasteiger partial charge in [-0.1, -0.05) is 146 Å². The van der Waals surface area contributed by atoms with Gasteiger partial charge in [0.1, 0.15) is 0 Å². The van der Waals surface area contributed by atoms with Gasteiger partial charge < -0.3 is 31.0 Å². The number of nitrogens with zero attached hydrogens (tertiary/aromatic N) is 6. The van der Waals surface area contributed by atoms with Gasteiger partial charge in [0.05, 0.1) is 50.8 Å². The molecule has 3 aromatic heterocycles. The molecule has 0 bridgehead atoms. The molecule has 0 aliphatic carbocycles. The molecule has 0 aliphatic rings. The monoisotopic (exact) mass is 1150 g/mol. The molecule has 0 unspecified atom stereocenters. The second kappa shape index (κ2) is 31.2. The third-order valence-electron chi connectivity index (χ3n) is 10.5. The van der Waals surface area contributed by atoms with Crippen molar-refractivity contribution in [2.75, 3.05) is 13.2 Å². The molecule has 6 aromatic carbocycles. The normalized spacial score (nSPS) is 9.93. The molecule has 0 aliphatic heterocycles. The van der Waals surface area contributed by atoms with Crippen LogP contribution in [0.5, 0.6) is 17.6 Å². The summed E-state index contributed by atoms with van der Waals surface area (Å²) in [4.78, 5) is 37.3. The van der Waals surface area contributed by atoms with Crippen molar-refractivity contribution in [2.24, 2.45) is 0 Å². The maximum atomic E-state index is 12.5. The molecule has 9 rings (SSSR count). The molecule has 0 fully saturated rings. The summed E-state index contributed by atoms with van der Waals surface area (Å²) in [5, 5.41) is 65.3. The summed E-state index contributed by atoms with van der Waals surface area (Å²) in [5.74, 6) is -1.67. The number of hydrogen-bond acceptors (Lipinski definition) is 11. The van der Waals surface area contributed by atoms with Crippen LogP contribution in [0.2, 0.25) is 0 Å². The molecule has 3 heterocycles. The molecule has 15 nitrogen and oxygen atoms in total. The Kier molecular flexibility index (Phi) is 25.6. The van der Waals surface area contributed by atoms with E-state index in [0.29, 0.717) is 34.1 Å². The van der Waals surface area contributed by atoms with E-state index in [2.05, 4.69) is 15.3 Å².